The summed E-state index contributed by atoms with van der Waals surface area (Å²) in [5.41, 5.74) is 1.27. The van der Waals surface area contributed by atoms with Gasteiger partial charge in [0.2, 0.25) is 0 Å². The normalized spacial score (nSPS) is 17.3. The molecule has 0 radical (unpaired) electrons. The third-order valence-corrected chi connectivity index (χ3v) is 4.43. The molecule has 0 aliphatic carbocycles. The fourth-order valence-electron chi connectivity index (χ4n) is 2.94. The van der Waals surface area contributed by atoms with Gasteiger partial charge < -0.3 is 20.1 Å². The molecule has 138 valence electrons. The number of unbranched alkanes of at least 4 members (excludes halogenated alkanes) is 1. The van der Waals surface area contributed by atoms with E-state index >= 15 is 0 Å². The number of rotatable bonds is 9. The van der Waals surface area contributed by atoms with Gasteiger partial charge in [0.25, 0.3) is 0 Å². The van der Waals surface area contributed by atoms with E-state index in [-0.39, 0.29) is 6.03 Å². The Labute approximate surface area is 149 Å². The summed E-state index contributed by atoms with van der Waals surface area (Å²) in [6, 6.07) is 10.1. The molecular formula is C19H28N2O4. The number of ether oxygens (including phenoxy) is 1. The molecule has 2 amide bonds. The summed E-state index contributed by atoms with van der Waals surface area (Å²) in [5.74, 6) is -1.25. The number of piperidine rings is 1. The standard InChI is InChI=1S/C19H28N2O4/c22-18(23)17-9-6-12-21(15-17)19(24)20-11-4-5-13-25-14-10-16-7-2-1-3-8-16/h1-3,7-8,17H,4-6,9-15H2,(H,20,24)(H,22,23). The highest BCUT2D eigenvalue weighted by Crippen LogP contribution is 2.16. The van der Waals surface area contributed by atoms with Crippen molar-refractivity contribution in [1.29, 1.82) is 0 Å². The molecule has 6 heteroatoms. The van der Waals surface area contributed by atoms with Gasteiger partial charge in [0.1, 0.15) is 0 Å². The van der Waals surface area contributed by atoms with Crippen molar-refractivity contribution >= 4 is 12.0 Å². The van der Waals surface area contributed by atoms with Gasteiger partial charge in [-0.3, -0.25) is 4.79 Å². The first-order valence-corrected chi connectivity index (χ1v) is 9.04. The lowest BCUT2D eigenvalue weighted by Crippen LogP contribution is -2.47. The van der Waals surface area contributed by atoms with Crippen LogP contribution >= 0.6 is 0 Å². The summed E-state index contributed by atoms with van der Waals surface area (Å²) >= 11 is 0. The minimum absolute atomic E-state index is 0.157. The summed E-state index contributed by atoms with van der Waals surface area (Å²) < 4.78 is 5.61. The molecule has 0 aromatic heterocycles. The SMILES string of the molecule is O=C(O)C1CCCN(C(=O)NCCCCOCCc2ccccc2)C1. The molecule has 25 heavy (non-hydrogen) atoms. The highest BCUT2D eigenvalue weighted by atomic mass is 16.5. The Morgan fingerprint density at radius 2 is 2.00 bits per heavy atom. The van der Waals surface area contributed by atoms with Gasteiger partial charge in [-0.2, -0.15) is 0 Å². The number of hydrogen-bond acceptors (Lipinski definition) is 3. The van der Waals surface area contributed by atoms with Crippen LogP contribution in [0.2, 0.25) is 0 Å². The predicted molar refractivity (Wildman–Crippen MR) is 95.5 cm³/mol. The van der Waals surface area contributed by atoms with Crippen molar-refractivity contribution in [1.82, 2.24) is 10.2 Å². The summed E-state index contributed by atoms with van der Waals surface area (Å²) in [6.07, 6.45) is 4.07. The second kappa shape index (κ2) is 10.7. The minimum Gasteiger partial charge on any atom is -0.481 e. The van der Waals surface area contributed by atoms with Crippen LogP contribution in [0.4, 0.5) is 4.79 Å². The van der Waals surface area contributed by atoms with Crippen LogP contribution in [0.1, 0.15) is 31.2 Å². The number of nitrogens with one attached hydrogen (secondary N) is 1. The van der Waals surface area contributed by atoms with Gasteiger partial charge in [0.15, 0.2) is 0 Å². The average Bonchev–Trinajstić information content (AvgIpc) is 2.64. The fourth-order valence-corrected chi connectivity index (χ4v) is 2.94. The number of likely N-dealkylation sites (tertiary alicyclic amines) is 1. The highest BCUT2D eigenvalue weighted by Gasteiger charge is 2.27. The average molecular weight is 348 g/mol. The molecular weight excluding hydrogens is 320 g/mol. The number of benzene rings is 1. The van der Waals surface area contributed by atoms with Crippen LogP contribution < -0.4 is 5.32 Å². The van der Waals surface area contributed by atoms with Crippen LogP contribution in [0.15, 0.2) is 30.3 Å². The Morgan fingerprint density at radius 1 is 1.20 bits per heavy atom. The van der Waals surface area contributed by atoms with Crippen molar-refractivity contribution in [3.8, 4) is 0 Å². The van der Waals surface area contributed by atoms with Crippen LogP contribution in [0, 0.1) is 5.92 Å². The largest absolute Gasteiger partial charge is 0.481 e. The van der Waals surface area contributed by atoms with Crippen LogP contribution in [0.3, 0.4) is 0 Å². The maximum Gasteiger partial charge on any atom is 0.317 e. The summed E-state index contributed by atoms with van der Waals surface area (Å²) in [7, 11) is 0. The number of urea groups is 1. The third kappa shape index (κ3) is 7.13. The van der Waals surface area contributed by atoms with Crippen LogP contribution in [-0.4, -0.2) is 54.9 Å². The Bertz CT molecular complexity index is 535. The second-order valence-electron chi connectivity index (χ2n) is 6.41. The van der Waals surface area contributed by atoms with Gasteiger partial charge >= 0.3 is 12.0 Å². The first-order valence-electron chi connectivity index (χ1n) is 9.04. The zero-order valence-electron chi connectivity index (χ0n) is 14.7. The monoisotopic (exact) mass is 348 g/mol. The molecule has 1 aliphatic heterocycles. The molecule has 0 spiro atoms. The van der Waals surface area contributed by atoms with Gasteiger partial charge in [0, 0.05) is 26.2 Å². The number of carbonyl (C=O) groups excluding carboxylic acids is 1. The predicted octanol–water partition coefficient (Wildman–Crippen LogP) is 2.53. The van der Waals surface area contributed by atoms with E-state index in [9.17, 15) is 9.59 Å². The molecule has 0 saturated carbocycles. The molecule has 2 N–H and O–H groups in total. The first-order chi connectivity index (χ1) is 12.2. The van der Waals surface area contributed by atoms with Gasteiger partial charge in [-0.15, -0.1) is 0 Å². The van der Waals surface area contributed by atoms with E-state index in [4.69, 9.17) is 9.84 Å². The third-order valence-electron chi connectivity index (χ3n) is 4.43. The number of nitrogens with zero attached hydrogens (tertiary/aromatic N) is 1. The molecule has 1 aliphatic rings. The zero-order valence-corrected chi connectivity index (χ0v) is 14.7. The molecule has 2 rings (SSSR count). The number of carboxylic acid groups (broad SMARTS) is 1. The Morgan fingerprint density at radius 3 is 2.76 bits per heavy atom. The van der Waals surface area contributed by atoms with Gasteiger partial charge in [-0.25, -0.2) is 4.79 Å². The molecule has 1 aromatic carbocycles. The molecule has 1 unspecified atom stereocenters. The van der Waals surface area contributed by atoms with E-state index in [1.54, 1.807) is 4.90 Å². The molecule has 1 heterocycles. The van der Waals surface area contributed by atoms with Crippen LogP contribution in [0.5, 0.6) is 0 Å². The van der Waals surface area contributed by atoms with Crippen molar-refractivity contribution in [2.24, 2.45) is 5.92 Å². The van der Waals surface area contributed by atoms with Gasteiger partial charge in [-0.05, 0) is 37.7 Å². The fraction of sp³-hybridized carbons (Fsp3) is 0.579. The molecule has 1 aromatic rings. The minimum atomic E-state index is -0.815. The van der Waals surface area contributed by atoms with E-state index < -0.39 is 11.9 Å². The van der Waals surface area contributed by atoms with E-state index in [2.05, 4.69) is 17.4 Å². The van der Waals surface area contributed by atoms with Crippen molar-refractivity contribution < 1.29 is 19.4 Å². The lowest BCUT2D eigenvalue weighted by atomic mass is 9.99. The van der Waals surface area contributed by atoms with Crippen molar-refractivity contribution in [2.45, 2.75) is 32.1 Å². The van der Waals surface area contributed by atoms with E-state index in [1.165, 1.54) is 5.56 Å². The molecule has 6 nitrogen and oxygen atoms in total. The highest BCUT2D eigenvalue weighted by molar-refractivity contribution is 5.76. The van der Waals surface area contributed by atoms with Gasteiger partial charge in [0.05, 0.1) is 12.5 Å². The lowest BCUT2D eigenvalue weighted by molar-refractivity contribution is -0.143. The quantitative estimate of drug-likeness (QED) is 0.672. The smallest absolute Gasteiger partial charge is 0.317 e. The van der Waals surface area contributed by atoms with Gasteiger partial charge in [-0.1, -0.05) is 30.3 Å². The maximum absolute atomic E-state index is 12.0. The summed E-state index contributed by atoms with van der Waals surface area (Å²) in [4.78, 5) is 24.7. The van der Waals surface area contributed by atoms with E-state index in [1.807, 2.05) is 18.2 Å². The number of carboxylic acids is 1. The summed E-state index contributed by atoms with van der Waals surface area (Å²) in [5, 5.41) is 11.9. The van der Waals surface area contributed by atoms with E-state index in [0.29, 0.717) is 39.3 Å². The molecule has 1 fully saturated rings. The van der Waals surface area contributed by atoms with Crippen molar-refractivity contribution in [2.75, 3.05) is 32.8 Å². The van der Waals surface area contributed by atoms with Crippen molar-refractivity contribution in [3.63, 3.8) is 0 Å². The molecule has 1 saturated heterocycles. The Hall–Kier alpha value is -2.08. The first kappa shape index (κ1) is 19.2. The number of amides is 2. The summed E-state index contributed by atoms with van der Waals surface area (Å²) in [6.45, 7) is 2.94. The van der Waals surface area contributed by atoms with Crippen LogP contribution in [0.25, 0.3) is 0 Å². The Kier molecular flexibility index (Phi) is 8.25. The number of aliphatic carboxylic acids is 1. The molecule has 1 atom stereocenters. The Balaban J connectivity index is 1.48. The topological polar surface area (TPSA) is 78.9 Å². The van der Waals surface area contributed by atoms with Crippen LogP contribution in [-0.2, 0) is 16.0 Å². The number of carbonyl (C=O) groups is 2. The van der Waals surface area contributed by atoms with Crippen molar-refractivity contribution in [3.05, 3.63) is 35.9 Å². The number of hydrogen-bond donors (Lipinski definition) is 2. The zero-order chi connectivity index (χ0) is 17.9. The lowest BCUT2D eigenvalue weighted by Gasteiger charge is -2.30. The second-order valence-corrected chi connectivity index (χ2v) is 6.41. The van der Waals surface area contributed by atoms with E-state index in [0.717, 1.165) is 25.7 Å². The molecule has 0 bridgehead atoms. The maximum atomic E-state index is 12.0.